The van der Waals surface area contributed by atoms with Gasteiger partial charge in [0.15, 0.2) is 5.13 Å². The Hall–Kier alpha value is -1.95. The van der Waals surface area contributed by atoms with E-state index in [1.807, 2.05) is 37.8 Å². The SMILES string of the molecule is Cc1nc(Nc2cccc(C3CCN(C(=O)C(C)C)CC3)n2)sc1C. The van der Waals surface area contributed by atoms with E-state index in [1.54, 1.807) is 11.3 Å². The molecule has 134 valence electrons. The molecule has 1 aliphatic heterocycles. The van der Waals surface area contributed by atoms with E-state index in [4.69, 9.17) is 4.98 Å². The maximum absolute atomic E-state index is 12.1. The number of nitrogens with one attached hydrogen (secondary N) is 1. The summed E-state index contributed by atoms with van der Waals surface area (Å²) in [7, 11) is 0. The molecule has 1 saturated heterocycles. The maximum Gasteiger partial charge on any atom is 0.225 e. The number of pyridine rings is 1. The number of hydrogen-bond donors (Lipinski definition) is 1. The third-order valence-corrected chi connectivity index (χ3v) is 5.74. The number of aromatic nitrogens is 2. The van der Waals surface area contributed by atoms with Crippen LogP contribution in [0.25, 0.3) is 0 Å². The Labute approximate surface area is 153 Å². The Morgan fingerprint density at radius 3 is 2.56 bits per heavy atom. The van der Waals surface area contributed by atoms with Crippen molar-refractivity contribution in [1.82, 2.24) is 14.9 Å². The largest absolute Gasteiger partial charge is 0.342 e. The van der Waals surface area contributed by atoms with E-state index in [-0.39, 0.29) is 11.8 Å². The molecular weight excluding hydrogens is 332 g/mol. The first-order valence-electron chi connectivity index (χ1n) is 8.91. The van der Waals surface area contributed by atoms with E-state index in [0.29, 0.717) is 5.92 Å². The van der Waals surface area contributed by atoms with Gasteiger partial charge in [0.2, 0.25) is 5.91 Å². The molecule has 1 fully saturated rings. The van der Waals surface area contributed by atoms with Crippen molar-refractivity contribution in [1.29, 1.82) is 0 Å². The highest BCUT2D eigenvalue weighted by Gasteiger charge is 2.25. The second-order valence-corrected chi connectivity index (χ2v) is 8.19. The average Bonchev–Trinajstić information content (AvgIpc) is 2.92. The van der Waals surface area contributed by atoms with Gasteiger partial charge in [0.1, 0.15) is 5.82 Å². The highest BCUT2D eigenvalue weighted by molar-refractivity contribution is 7.15. The van der Waals surface area contributed by atoms with Crippen molar-refractivity contribution in [2.75, 3.05) is 18.4 Å². The van der Waals surface area contributed by atoms with Crippen molar-refractivity contribution in [2.45, 2.75) is 46.5 Å². The van der Waals surface area contributed by atoms with Crippen LogP contribution in [0.4, 0.5) is 10.9 Å². The van der Waals surface area contributed by atoms with E-state index < -0.39 is 0 Å². The summed E-state index contributed by atoms with van der Waals surface area (Å²) in [5.41, 5.74) is 2.16. The first-order valence-corrected chi connectivity index (χ1v) is 9.72. The van der Waals surface area contributed by atoms with E-state index >= 15 is 0 Å². The standard InChI is InChI=1S/C19H26N4OS/c1-12(2)18(24)23-10-8-15(9-11-23)16-6-5-7-17(21-16)22-19-20-13(3)14(4)25-19/h5-7,12,15H,8-11H2,1-4H3,(H,20,21,22). The maximum atomic E-state index is 12.1. The van der Waals surface area contributed by atoms with Crippen molar-refractivity contribution >= 4 is 28.2 Å². The van der Waals surface area contributed by atoms with Gasteiger partial charge in [-0.25, -0.2) is 9.97 Å². The summed E-state index contributed by atoms with van der Waals surface area (Å²) < 4.78 is 0. The van der Waals surface area contributed by atoms with E-state index in [0.717, 1.165) is 48.3 Å². The second-order valence-electron chi connectivity index (χ2n) is 6.99. The van der Waals surface area contributed by atoms with Crippen LogP contribution in [0.3, 0.4) is 0 Å². The predicted octanol–water partition coefficient (Wildman–Crippen LogP) is 4.26. The van der Waals surface area contributed by atoms with Gasteiger partial charge < -0.3 is 10.2 Å². The fourth-order valence-corrected chi connectivity index (χ4v) is 3.97. The van der Waals surface area contributed by atoms with Gasteiger partial charge in [0.05, 0.1) is 5.69 Å². The number of amides is 1. The highest BCUT2D eigenvalue weighted by Crippen LogP contribution is 2.29. The van der Waals surface area contributed by atoms with Crippen molar-refractivity contribution in [3.05, 3.63) is 34.5 Å². The molecule has 1 aliphatic rings. The summed E-state index contributed by atoms with van der Waals surface area (Å²) >= 11 is 1.65. The van der Waals surface area contributed by atoms with Crippen LogP contribution < -0.4 is 5.32 Å². The van der Waals surface area contributed by atoms with Crippen LogP contribution in [0.2, 0.25) is 0 Å². The summed E-state index contributed by atoms with van der Waals surface area (Å²) in [5, 5.41) is 4.20. The lowest BCUT2D eigenvalue weighted by Gasteiger charge is -2.33. The minimum Gasteiger partial charge on any atom is -0.342 e. The number of piperidine rings is 1. The first kappa shape index (κ1) is 17.9. The van der Waals surface area contributed by atoms with Crippen LogP contribution in [0.5, 0.6) is 0 Å². The number of carbonyl (C=O) groups excluding carboxylic acids is 1. The molecule has 25 heavy (non-hydrogen) atoms. The van der Waals surface area contributed by atoms with Crippen LogP contribution in [0.15, 0.2) is 18.2 Å². The molecule has 0 atom stereocenters. The number of nitrogens with zero attached hydrogens (tertiary/aromatic N) is 3. The number of anilines is 2. The van der Waals surface area contributed by atoms with E-state index in [9.17, 15) is 4.79 Å². The van der Waals surface area contributed by atoms with Crippen LogP contribution >= 0.6 is 11.3 Å². The number of carbonyl (C=O) groups is 1. The van der Waals surface area contributed by atoms with Gasteiger partial charge in [0, 0.05) is 35.5 Å². The van der Waals surface area contributed by atoms with Crippen molar-refractivity contribution in [3.63, 3.8) is 0 Å². The Balaban J connectivity index is 1.65. The van der Waals surface area contributed by atoms with Crippen molar-refractivity contribution in [3.8, 4) is 0 Å². The fraction of sp³-hybridized carbons (Fsp3) is 0.526. The molecule has 3 heterocycles. The molecule has 0 unspecified atom stereocenters. The molecule has 0 saturated carbocycles. The van der Waals surface area contributed by atoms with Crippen LogP contribution in [0.1, 0.15) is 48.9 Å². The highest BCUT2D eigenvalue weighted by atomic mass is 32.1. The molecule has 0 aliphatic carbocycles. The minimum absolute atomic E-state index is 0.0763. The smallest absolute Gasteiger partial charge is 0.225 e. The zero-order valence-electron chi connectivity index (χ0n) is 15.4. The molecule has 6 heteroatoms. The molecule has 1 N–H and O–H groups in total. The molecule has 0 aromatic carbocycles. The third-order valence-electron chi connectivity index (χ3n) is 4.75. The summed E-state index contributed by atoms with van der Waals surface area (Å²) in [5.74, 6) is 1.59. The van der Waals surface area contributed by atoms with Crippen LogP contribution in [-0.4, -0.2) is 33.9 Å². The number of aryl methyl sites for hydroxylation is 2. The van der Waals surface area contributed by atoms with Gasteiger partial charge in [-0.2, -0.15) is 0 Å². The summed E-state index contributed by atoms with van der Waals surface area (Å²) in [4.78, 5) is 24.6. The lowest BCUT2D eigenvalue weighted by molar-refractivity contribution is -0.135. The normalized spacial score (nSPS) is 15.6. The molecular formula is C19H26N4OS. The quantitative estimate of drug-likeness (QED) is 0.887. The van der Waals surface area contributed by atoms with E-state index in [1.165, 1.54) is 4.88 Å². The monoisotopic (exact) mass is 358 g/mol. The van der Waals surface area contributed by atoms with Crippen molar-refractivity contribution < 1.29 is 4.79 Å². The summed E-state index contributed by atoms with van der Waals surface area (Å²) in [6, 6.07) is 6.12. The van der Waals surface area contributed by atoms with Gasteiger partial charge >= 0.3 is 0 Å². The van der Waals surface area contributed by atoms with Gasteiger partial charge in [-0.15, -0.1) is 11.3 Å². The van der Waals surface area contributed by atoms with Gasteiger partial charge in [0.25, 0.3) is 0 Å². The summed E-state index contributed by atoms with van der Waals surface area (Å²) in [6.07, 6.45) is 1.95. The average molecular weight is 359 g/mol. The molecule has 3 rings (SSSR count). The van der Waals surface area contributed by atoms with Crippen molar-refractivity contribution in [2.24, 2.45) is 5.92 Å². The van der Waals surface area contributed by atoms with Crippen LogP contribution in [0, 0.1) is 19.8 Å². The third kappa shape index (κ3) is 4.18. The fourth-order valence-electron chi connectivity index (χ4n) is 3.14. The first-order chi connectivity index (χ1) is 11.9. The predicted molar refractivity (Wildman–Crippen MR) is 103 cm³/mol. The number of thiazole rings is 1. The molecule has 0 bridgehead atoms. The molecule has 5 nitrogen and oxygen atoms in total. The number of likely N-dealkylation sites (tertiary alicyclic amines) is 1. The minimum atomic E-state index is 0.0763. The van der Waals surface area contributed by atoms with E-state index in [2.05, 4.69) is 23.3 Å². The number of hydrogen-bond acceptors (Lipinski definition) is 5. The van der Waals surface area contributed by atoms with Crippen LogP contribution in [-0.2, 0) is 4.79 Å². The Morgan fingerprint density at radius 2 is 1.96 bits per heavy atom. The molecule has 1 amide bonds. The molecule has 0 radical (unpaired) electrons. The Bertz CT molecular complexity index is 728. The molecule has 0 spiro atoms. The Kier molecular flexibility index (Phi) is 5.37. The van der Waals surface area contributed by atoms with Gasteiger partial charge in [-0.1, -0.05) is 19.9 Å². The lowest BCUT2D eigenvalue weighted by atomic mass is 9.92. The second kappa shape index (κ2) is 7.52. The molecule has 2 aromatic rings. The van der Waals surface area contributed by atoms with Gasteiger partial charge in [-0.05, 0) is 38.8 Å². The number of rotatable bonds is 4. The Morgan fingerprint density at radius 1 is 1.24 bits per heavy atom. The zero-order valence-corrected chi connectivity index (χ0v) is 16.2. The zero-order chi connectivity index (χ0) is 18.0. The van der Waals surface area contributed by atoms with Gasteiger partial charge in [-0.3, -0.25) is 4.79 Å². The lowest BCUT2D eigenvalue weighted by Crippen LogP contribution is -2.40. The summed E-state index contributed by atoms with van der Waals surface area (Å²) in [6.45, 7) is 9.68. The topological polar surface area (TPSA) is 58.1 Å². The molecule has 2 aromatic heterocycles.